The van der Waals surface area contributed by atoms with Crippen molar-refractivity contribution in [1.82, 2.24) is 5.32 Å². The van der Waals surface area contributed by atoms with Crippen molar-refractivity contribution in [1.29, 1.82) is 0 Å². The summed E-state index contributed by atoms with van der Waals surface area (Å²) >= 11 is 1.49. The van der Waals surface area contributed by atoms with E-state index >= 15 is 0 Å². The molecule has 0 radical (unpaired) electrons. The number of hydrogen-bond acceptors (Lipinski definition) is 6. The Bertz CT molecular complexity index is 860. The second-order valence-electron chi connectivity index (χ2n) is 7.34. The summed E-state index contributed by atoms with van der Waals surface area (Å²) in [5.41, 5.74) is 2.50. The zero-order valence-electron chi connectivity index (χ0n) is 14.7. The summed E-state index contributed by atoms with van der Waals surface area (Å²) in [4.78, 5) is 17.0. The average molecular weight is 394 g/mol. The Morgan fingerprint density at radius 1 is 1.23 bits per heavy atom. The molecule has 140 valence electrons. The molecule has 2 atom stereocenters. The fraction of sp³-hybridized carbons (Fsp3) is 0.556. The van der Waals surface area contributed by atoms with Crippen LogP contribution in [0.15, 0.2) is 23.2 Å². The lowest BCUT2D eigenvalue weighted by Gasteiger charge is -2.14. The molecule has 6 nitrogen and oxygen atoms in total. The molecule has 1 aromatic rings. The number of rotatable bonds is 3. The molecule has 2 unspecified atom stereocenters. The number of nitrogens with one attached hydrogen (secondary N) is 2. The summed E-state index contributed by atoms with van der Waals surface area (Å²) < 4.78 is 23.4. The van der Waals surface area contributed by atoms with Crippen LogP contribution in [0.2, 0.25) is 0 Å². The van der Waals surface area contributed by atoms with Crippen molar-refractivity contribution in [3.63, 3.8) is 0 Å². The van der Waals surface area contributed by atoms with Gasteiger partial charge in [0.05, 0.1) is 17.5 Å². The highest BCUT2D eigenvalue weighted by atomic mass is 32.2. The van der Waals surface area contributed by atoms with Gasteiger partial charge in [-0.25, -0.2) is 8.42 Å². The standard InChI is InChI=1S/C18H23N3O3S2/c1-11-6-7-12(17(22)19-13-4-2-3-5-13)8-14(11)20-18-21-15-9-26(23,24)10-16(15)25-18/h6-8,13,15-16H,2-5,9-10H2,1H3,(H,19,22)(H,20,21). The van der Waals surface area contributed by atoms with Gasteiger partial charge in [0.2, 0.25) is 0 Å². The molecule has 26 heavy (non-hydrogen) atoms. The van der Waals surface area contributed by atoms with Gasteiger partial charge in [-0.2, -0.15) is 0 Å². The summed E-state index contributed by atoms with van der Waals surface area (Å²) in [5.74, 6) is 0.294. The number of benzene rings is 1. The molecular formula is C18H23N3O3S2. The molecule has 2 heterocycles. The molecular weight excluding hydrogens is 370 g/mol. The van der Waals surface area contributed by atoms with Gasteiger partial charge in [-0.15, -0.1) is 0 Å². The summed E-state index contributed by atoms with van der Waals surface area (Å²) in [6.45, 7) is 1.98. The molecule has 2 N–H and O–H groups in total. The van der Waals surface area contributed by atoms with E-state index in [0.29, 0.717) is 5.56 Å². The van der Waals surface area contributed by atoms with Crippen molar-refractivity contribution in [2.24, 2.45) is 4.99 Å². The van der Waals surface area contributed by atoms with Crippen LogP contribution < -0.4 is 10.6 Å². The molecule has 8 heteroatoms. The molecule has 1 amide bonds. The van der Waals surface area contributed by atoms with Crippen LogP contribution in [0.3, 0.4) is 0 Å². The zero-order chi connectivity index (χ0) is 18.3. The minimum Gasteiger partial charge on any atom is -0.349 e. The van der Waals surface area contributed by atoms with E-state index in [4.69, 9.17) is 0 Å². The highest BCUT2D eigenvalue weighted by molar-refractivity contribution is 8.15. The van der Waals surface area contributed by atoms with Crippen molar-refractivity contribution in [3.8, 4) is 0 Å². The summed E-state index contributed by atoms with van der Waals surface area (Å²) in [6, 6.07) is 5.76. The number of sulfone groups is 1. The minimum absolute atomic E-state index is 0.0108. The third-order valence-electron chi connectivity index (χ3n) is 5.25. The monoisotopic (exact) mass is 393 g/mol. The molecule has 0 bridgehead atoms. The smallest absolute Gasteiger partial charge is 0.251 e. The number of hydrogen-bond donors (Lipinski definition) is 2. The second kappa shape index (κ2) is 6.88. The quantitative estimate of drug-likeness (QED) is 0.823. The fourth-order valence-electron chi connectivity index (χ4n) is 3.77. The predicted molar refractivity (Wildman–Crippen MR) is 106 cm³/mol. The largest absolute Gasteiger partial charge is 0.349 e. The predicted octanol–water partition coefficient (Wildman–Crippen LogP) is 2.35. The number of aliphatic imine (C=N–C) groups is 1. The van der Waals surface area contributed by atoms with E-state index < -0.39 is 9.84 Å². The Kier molecular flexibility index (Phi) is 4.73. The van der Waals surface area contributed by atoms with Crippen LogP contribution in [0.25, 0.3) is 0 Å². The molecule has 1 aromatic carbocycles. The molecule has 4 rings (SSSR count). The first-order valence-corrected chi connectivity index (χ1v) is 11.7. The minimum atomic E-state index is -2.95. The Labute approximate surface area is 158 Å². The fourth-order valence-corrected chi connectivity index (χ4v) is 7.44. The molecule has 1 aliphatic carbocycles. The Balaban J connectivity index is 1.46. The first kappa shape index (κ1) is 17.9. The number of anilines is 1. The van der Waals surface area contributed by atoms with Crippen LogP contribution in [0.4, 0.5) is 5.69 Å². The molecule has 0 spiro atoms. The van der Waals surface area contributed by atoms with Gasteiger partial charge in [0.25, 0.3) is 5.91 Å². The molecule has 0 aromatic heterocycles. The summed E-state index contributed by atoms with van der Waals surface area (Å²) in [5, 5.41) is 7.15. The highest BCUT2D eigenvalue weighted by Gasteiger charge is 2.42. The molecule has 1 saturated carbocycles. The number of fused-ring (bicyclic) bond motifs is 1. The molecule has 1 saturated heterocycles. The normalized spacial score (nSPS) is 27.2. The van der Waals surface area contributed by atoms with E-state index in [-0.39, 0.29) is 34.7 Å². The van der Waals surface area contributed by atoms with Crippen molar-refractivity contribution in [3.05, 3.63) is 29.3 Å². The summed E-state index contributed by atoms with van der Waals surface area (Å²) in [6.07, 6.45) is 4.48. The van der Waals surface area contributed by atoms with Crippen LogP contribution in [0.5, 0.6) is 0 Å². The maximum atomic E-state index is 12.5. The topological polar surface area (TPSA) is 87.6 Å². The van der Waals surface area contributed by atoms with E-state index in [0.717, 1.165) is 29.3 Å². The van der Waals surface area contributed by atoms with Crippen LogP contribution in [0, 0.1) is 6.92 Å². The van der Waals surface area contributed by atoms with Crippen molar-refractivity contribution < 1.29 is 13.2 Å². The van der Waals surface area contributed by atoms with E-state index in [1.54, 1.807) is 0 Å². The SMILES string of the molecule is Cc1ccc(C(=O)NC2CCCC2)cc1NC1=NC2CS(=O)(=O)CC2S1. The highest BCUT2D eigenvalue weighted by Crippen LogP contribution is 2.35. The summed E-state index contributed by atoms with van der Waals surface area (Å²) in [7, 11) is -2.95. The van der Waals surface area contributed by atoms with Crippen molar-refractivity contribution in [2.75, 3.05) is 16.8 Å². The van der Waals surface area contributed by atoms with Crippen LogP contribution in [-0.4, -0.2) is 48.3 Å². The lowest BCUT2D eigenvalue weighted by atomic mass is 10.1. The maximum Gasteiger partial charge on any atom is 0.251 e. The number of carbonyl (C=O) groups is 1. The van der Waals surface area contributed by atoms with Gasteiger partial charge >= 0.3 is 0 Å². The number of amides is 1. The van der Waals surface area contributed by atoms with Crippen LogP contribution in [-0.2, 0) is 9.84 Å². The van der Waals surface area contributed by atoms with Crippen LogP contribution >= 0.6 is 11.8 Å². The third kappa shape index (κ3) is 3.76. The molecule has 2 fully saturated rings. The first-order chi connectivity index (χ1) is 12.4. The maximum absolute atomic E-state index is 12.5. The van der Waals surface area contributed by atoms with E-state index in [2.05, 4.69) is 15.6 Å². The second-order valence-corrected chi connectivity index (χ2v) is 10.7. The number of carbonyl (C=O) groups excluding carboxylic acids is 1. The average Bonchev–Trinajstić information content (AvgIpc) is 3.24. The van der Waals surface area contributed by atoms with Crippen molar-refractivity contribution >= 4 is 38.4 Å². The Hall–Kier alpha value is -1.54. The van der Waals surface area contributed by atoms with Gasteiger partial charge in [-0.3, -0.25) is 9.79 Å². The van der Waals surface area contributed by atoms with Gasteiger partial charge in [-0.1, -0.05) is 30.7 Å². The Morgan fingerprint density at radius 2 is 2.00 bits per heavy atom. The molecule has 3 aliphatic rings. The van der Waals surface area contributed by atoms with Gasteiger partial charge in [0.15, 0.2) is 15.0 Å². The number of nitrogens with zero attached hydrogens (tertiary/aromatic N) is 1. The van der Waals surface area contributed by atoms with E-state index in [1.807, 2.05) is 25.1 Å². The first-order valence-electron chi connectivity index (χ1n) is 9.03. The van der Waals surface area contributed by atoms with Gasteiger partial charge in [0, 0.05) is 22.5 Å². The number of amidine groups is 1. The number of thioether (sulfide) groups is 1. The van der Waals surface area contributed by atoms with Gasteiger partial charge in [-0.05, 0) is 37.5 Å². The zero-order valence-corrected chi connectivity index (χ0v) is 16.3. The van der Waals surface area contributed by atoms with Gasteiger partial charge < -0.3 is 10.6 Å². The Morgan fingerprint density at radius 3 is 2.73 bits per heavy atom. The van der Waals surface area contributed by atoms with E-state index in [1.165, 1.54) is 24.6 Å². The lowest BCUT2D eigenvalue weighted by molar-refractivity contribution is 0.0938. The lowest BCUT2D eigenvalue weighted by Crippen LogP contribution is -2.32. The molecule has 2 aliphatic heterocycles. The third-order valence-corrected chi connectivity index (χ3v) is 8.39. The van der Waals surface area contributed by atoms with Crippen molar-refractivity contribution in [2.45, 2.75) is 49.9 Å². The van der Waals surface area contributed by atoms with Gasteiger partial charge in [0.1, 0.15) is 0 Å². The van der Waals surface area contributed by atoms with E-state index in [9.17, 15) is 13.2 Å². The number of aryl methyl sites for hydroxylation is 1. The van der Waals surface area contributed by atoms with Crippen LogP contribution in [0.1, 0.15) is 41.6 Å².